The number of hydrogen-bond acceptors (Lipinski definition) is 4. The Morgan fingerprint density at radius 1 is 1.33 bits per heavy atom. The van der Waals surface area contributed by atoms with E-state index in [0.29, 0.717) is 6.04 Å². The molecule has 1 aliphatic heterocycles. The first-order valence-electron chi connectivity index (χ1n) is 7.24. The van der Waals surface area contributed by atoms with E-state index in [9.17, 15) is 0 Å². The molecule has 1 heterocycles. The summed E-state index contributed by atoms with van der Waals surface area (Å²) >= 11 is 0. The van der Waals surface area contributed by atoms with Gasteiger partial charge in [-0.2, -0.15) is 0 Å². The smallest absolute Gasteiger partial charge is 0.0593 e. The molecule has 0 aliphatic carbocycles. The van der Waals surface area contributed by atoms with Gasteiger partial charge in [0.05, 0.1) is 6.61 Å². The number of methoxy groups -OCH3 is 1. The van der Waals surface area contributed by atoms with Crippen LogP contribution < -0.4 is 5.32 Å². The molecule has 2 unspecified atom stereocenters. The fourth-order valence-corrected chi connectivity index (χ4v) is 2.54. The lowest BCUT2D eigenvalue weighted by Crippen LogP contribution is -2.44. The van der Waals surface area contributed by atoms with Crippen molar-refractivity contribution in [2.45, 2.75) is 32.2 Å². The minimum absolute atomic E-state index is 0.621. The van der Waals surface area contributed by atoms with Crippen LogP contribution in [0.5, 0.6) is 0 Å². The van der Waals surface area contributed by atoms with E-state index in [-0.39, 0.29) is 0 Å². The van der Waals surface area contributed by atoms with Gasteiger partial charge in [-0.15, -0.1) is 0 Å². The Bertz CT molecular complexity index is 202. The topological polar surface area (TPSA) is 33.7 Å². The minimum atomic E-state index is 0.621. The van der Waals surface area contributed by atoms with Gasteiger partial charge in [0.1, 0.15) is 0 Å². The predicted molar refractivity (Wildman–Crippen MR) is 75.0 cm³/mol. The largest absolute Gasteiger partial charge is 0.385 e. The maximum atomic E-state index is 5.62. The van der Waals surface area contributed by atoms with Gasteiger partial charge in [0.15, 0.2) is 0 Å². The zero-order valence-corrected chi connectivity index (χ0v) is 12.3. The fraction of sp³-hybridized carbons (Fsp3) is 1.00. The normalized spacial score (nSPS) is 23.2. The molecular weight excluding hydrogens is 228 g/mol. The van der Waals surface area contributed by atoms with E-state index in [1.165, 1.54) is 25.9 Å². The van der Waals surface area contributed by atoms with Gasteiger partial charge in [0.2, 0.25) is 0 Å². The average Bonchev–Trinajstić information content (AvgIpc) is 2.42. The van der Waals surface area contributed by atoms with Crippen LogP contribution in [-0.4, -0.2) is 64.6 Å². The third kappa shape index (κ3) is 6.14. The molecule has 4 heteroatoms. The van der Waals surface area contributed by atoms with E-state index in [4.69, 9.17) is 9.47 Å². The highest BCUT2D eigenvalue weighted by Crippen LogP contribution is 2.19. The number of rotatable bonds is 9. The van der Waals surface area contributed by atoms with Gasteiger partial charge in [0, 0.05) is 39.5 Å². The summed E-state index contributed by atoms with van der Waals surface area (Å²) in [7, 11) is 3.79. The first kappa shape index (κ1) is 15.9. The second-order valence-corrected chi connectivity index (χ2v) is 5.24. The van der Waals surface area contributed by atoms with Crippen molar-refractivity contribution in [3.8, 4) is 0 Å². The van der Waals surface area contributed by atoms with E-state index in [1.54, 1.807) is 7.11 Å². The molecule has 1 rings (SSSR count). The van der Waals surface area contributed by atoms with E-state index in [1.807, 2.05) is 0 Å². The van der Waals surface area contributed by atoms with Crippen molar-refractivity contribution in [2.24, 2.45) is 5.92 Å². The lowest BCUT2D eigenvalue weighted by molar-refractivity contribution is 0.0678. The van der Waals surface area contributed by atoms with Crippen molar-refractivity contribution in [1.29, 1.82) is 0 Å². The maximum Gasteiger partial charge on any atom is 0.0593 e. The number of nitrogens with one attached hydrogen (secondary N) is 1. The molecule has 0 radical (unpaired) electrons. The van der Waals surface area contributed by atoms with Crippen molar-refractivity contribution in [3.63, 3.8) is 0 Å². The molecule has 108 valence electrons. The zero-order valence-electron chi connectivity index (χ0n) is 12.3. The standard InChI is InChI=1S/C14H30N2O2/c1-13(15-2)14-6-4-7-16(12-14)8-11-18-10-5-9-17-3/h13-15H,4-12H2,1-3H3. The summed E-state index contributed by atoms with van der Waals surface area (Å²) in [5.41, 5.74) is 0. The van der Waals surface area contributed by atoms with Gasteiger partial charge in [-0.1, -0.05) is 0 Å². The quantitative estimate of drug-likeness (QED) is 0.633. The molecule has 1 N–H and O–H groups in total. The number of nitrogens with zero attached hydrogens (tertiary/aromatic N) is 1. The van der Waals surface area contributed by atoms with Gasteiger partial charge in [-0.05, 0) is 45.7 Å². The minimum Gasteiger partial charge on any atom is -0.385 e. The third-order valence-corrected chi connectivity index (χ3v) is 3.89. The predicted octanol–water partition coefficient (Wildman–Crippen LogP) is 1.36. The summed E-state index contributed by atoms with van der Waals surface area (Å²) < 4.78 is 10.6. The SMILES string of the molecule is CNC(C)C1CCCN(CCOCCCOC)C1. The van der Waals surface area contributed by atoms with Crippen LogP contribution in [0.4, 0.5) is 0 Å². The lowest BCUT2D eigenvalue weighted by atomic mass is 9.92. The van der Waals surface area contributed by atoms with Gasteiger partial charge < -0.3 is 19.7 Å². The first-order valence-corrected chi connectivity index (χ1v) is 7.24. The van der Waals surface area contributed by atoms with Crippen LogP contribution in [0, 0.1) is 5.92 Å². The molecule has 0 amide bonds. The molecule has 0 bridgehead atoms. The van der Waals surface area contributed by atoms with Crippen molar-refractivity contribution in [3.05, 3.63) is 0 Å². The average molecular weight is 258 g/mol. The summed E-state index contributed by atoms with van der Waals surface area (Å²) in [5, 5.41) is 3.37. The molecule has 18 heavy (non-hydrogen) atoms. The second-order valence-electron chi connectivity index (χ2n) is 5.24. The number of likely N-dealkylation sites (tertiary alicyclic amines) is 1. The zero-order chi connectivity index (χ0) is 13.2. The second kappa shape index (κ2) is 9.73. The van der Waals surface area contributed by atoms with Crippen molar-refractivity contribution >= 4 is 0 Å². The molecule has 1 saturated heterocycles. The van der Waals surface area contributed by atoms with Crippen LogP contribution >= 0.6 is 0 Å². The third-order valence-electron chi connectivity index (χ3n) is 3.89. The molecule has 1 aliphatic rings. The Balaban J connectivity index is 2.07. The van der Waals surface area contributed by atoms with Crippen LogP contribution in [-0.2, 0) is 9.47 Å². The molecule has 0 spiro atoms. The van der Waals surface area contributed by atoms with Crippen LogP contribution in [0.25, 0.3) is 0 Å². The van der Waals surface area contributed by atoms with Crippen LogP contribution in [0.1, 0.15) is 26.2 Å². The van der Waals surface area contributed by atoms with Crippen molar-refractivity contribution < 1.29 is 9.47 Å². The van der Waals surface area contributed by atoms with E-state index >= 15 is 0 Å². The molecule has 0 aromatic rings. The highest BCUT2D eigenvalue weighted by atomic mass is 16.5. The Labute approximate surface area is 112 Å². The van der Waals surface area contributed by atoms with Gasteiger partial charge in [0.25, 0.3) is 0 Å². The summed E-state index contributed by atoms with van der Waals surface area (Å²) in [6.45, 7) is 8.26. The summed E-state index contributed by atoms with van der Waals surface area (Å²) in [4.78, 5) is 2.54. The molecule has 4 nitrogen and oxygen atoms in total. The molecule has 0 saturated carbocycles. The van der Waals surface area contributed by atoms with Crippen LogP contribution in [0.2, 0.25) is 0 Å². The molecule has 0 aromatic heterocycles. The van der Waals surface area contributed by atoms with E-state index < -0.39 is 0 Å². The Morgan fingerprint density at radius 3 is 2.89 bits per heavy atom. The fourth-order valence-electron chi connectivity index (χ4n) is 2.54. The van der Waals surface area contributed by atoms with Gasteiger partial charge >= 0.3 is 0 Å². The van der Waals surface area contributed by atoms with Crippen LogP contribution in [0.3, 0.4) is 0 Å². The number of hydrogen-bond donors (Lipinski definition) is 1. The molecular formula is C14H30N2O2. The summed E-state index contributed by atoms with van der Waals surface area (Å²) in [6.07, 6.45) is 3.67. The molecule has 1 fully saturated rings. The van der Waals surface area contributed by atoms with Crippen molar-refractivity contribution in [1.82, 2.24) is 10.2 Å². The number of ether oxygens (including phenoxy) is 2. The van der Waals surface area contributed by atoms with E-state index in [0.717, 1.165) is 38.7 Å². The summed E-state index contributed by atoms with van der Waals surface area (Å²) in [5.74, 6) is 0.789. The number of piperidine rings is 1. The van der Waals surface area contributed by atoms with Gasteiger partial charge in [-0.3, -0.25) is 0 Å². The lowest BCUT2D eigenvalue weighted by Gasteiger charge is -2.35. The highest BCUT2D eigenvalue weighted by Gasteiger charge is 2.23. The Kier molecular flexibility index (Phi) is 8.59. The molecule has 2 atom stereocenters. The Morgan fingerprint density at radius 2 is 2.17 bits per heavy atom. The van der Waals surface area contributed by atoms with Gasteiger partial charge in [-0.25, -0.2) is 0 Å². The highest BCUT2D eigenvalue weighted by molar-refractivity contribution is 4.79. The van der Waals surface area contributed by atoms with E-state index in [2.05, 4.69) is 24.2 Å². The Hall–Kier alpha value is -0.160. The van der Waals surface area contributed by atoms with Crippen LogP contribution in [0.15, 0.2) is 0 Å². The summed E-state index contributed by atoms with van der Waals surface area (Å²) in [6, 6.07) is 0.621. The maximum absolute atomic E-state index is 5.62. The first-order chi connectivity index (χ1) is 8.77. The molecule has 0 aromatic carbocycles. The monoisotopic (exact) mass is 258 g/mol. The van der Waals surface area contributed by atoms with Crippen molar-refractivity contribution in [2.75, 3.05) is 53.6 Å².